The summed E-state index contributed by atoms with van der Waals surface area (Å²) in [6, 6.07) is 7.99. The SMILES string of the molecule is CC(C)(C)c1ccc(Cn2c3c(c(O)c(C(=O)NCC(=N)N=O)c2=O)CSC3)cc1. The van der Waals surface area contributed by atoms with E-state index in [9.17, 15) is 19.6 Å². The van der Waals surface area contributed by atoms with Gasteiger partial charge in [0.2, 0.25) is 0 Å². The molecule has 0 saturated carbocycles. The molecule has 0 spiro atoms. The van der Waals surface area contributed by atoms with Gasteiger partial charge in [-0.05, 0) is 21.7 Å². The fourth-order valence-electron chi connectivity index (χ4n) is 3.33. The number of fused-ring (bicyclic) bond motifs is 1. The molecule has 8 nitrogen and oxygen atoms in total. The van der Waals surface area contributed by atoms with Crippen molar-refractivity contribution in [2.24, 2.45) is 5.18 Å². The van der Waals surface area contributed by atoms with E-state index in [1.165, 1.54) is 10.1 Å². The number of carbonyl (C=O) groups is 1. The topological polar surface area (TPSA) is 125 Å². The summed E-state index contributed by atoms with van der Waals surface area (Å²) >= 11 is 1.56. The van der Waals surface area contributed by atoms with Crippen molar-refractivity contribution in [1.29, 1.82) is 5.41 Å². The van der Waals surface area contributed by atoms with E-state index in [4.69, 9.17) is 5.41 Å². The molecule has 3 N–H and O–H groups in total. The summed E-state index contributed by atoms with van der Waals surface area (Å²) in [5, 5.41) is 22.5. The lowest BCUT2D eigenvalue weighted by Gasteiger charge is -2.20. The number of thioether (sulfide) groups is 1. The minimum absolute atomic E-state index is 0.0150. The molecular weight excluding hydrogens is 404 g/mol. The third-order valence-corrected chi connectivity index (χ3v) is 6.03. The zero-order valence-electron chi connectivity index (χ0n) is 17.1. The molecule has 0 saturated heterocycles. The normalized spacial score (nSPS) is 13.0. The van der Waals surface area contributed by atoms with E-state index in [2.05, 4.69) is 31.3 Å². The monoisotopic (exact) mass is 428 g/mol. The quantitative estimate of drug-likeness (QED) is 0.383. The van der Waals surface area contributed by atoms with Gasteiger partial charge < -0.3 is 15.0 Å². The Balaban J connectivity index is 2.00. The zero-order chi connectivity index (χ0) is 22.1. The van der Waals surface area contributed by atoms with Gasteiger partial charge in [-0.25, -0.2) is 0 Å². The van der Waals surface area contributed by atoms with Gasteiger partial charge in [0, 0.05) is 22.8 Å². The number of rotatable bonds is 5. The lowest BCUT2D eigenvalue weighted by atomic mass is 9.87. The molecule has 0 unspecified atom stereocenters. The maximum Gasteiger partial charge on any atom is 0.267 e. The molecule has 0 aliphatic carbocycles. The molecule has 1 amide bonds. The average Bonchev–Trinajstić information content (AvgIpc) is 3.19. The molecule has 0 atom stereocenters. The Morgan fingerprint density at radius 1 is 1.27 bits per heavy atom. The number of amides is 1. The second-order valence-electron chi connectivity index (χ2n) is 8.20. The molecule has 9 heteroatoms. The highest BCUT2D eigenvalue weighted by molar-refractivity contribution is 7.98. The summed E-state index contributed by atoms with van der Waals surface area (Å²) in [5.74, 6) is -0.667. The fourth-order valence-corrected chi connectivity index (χ4v) is 4.46. The van der Waals surface area contributed by atoms with Crippen LogP contribution in [-0.2, 0) is 23.5 Å². The van der Waals surface area contributed by atoms with Gasteiger partial charge in [-0.1, -0.05) is 45.0 Å². The standard InChI is InChI=1S/C21H24N4O4S/c1-21(2,3)13-6-4-12(5-7-13)9-25-15-11-30-10-14(15)18(26)17(20(25)28)19(27)23-8-16(22)24-29/h4-7,22,26H,8-11H2,1-3H3,(H,23,27). The van der Waals surface area contributed by atoms with Crippen LogP contribution in [0.5, 0.6) is 5.75 Å². The van der Waals surface area contributed by atoms with E-state index in [1.807, 2.05) is 24.3 Å². The molecule has 158 valence electrons. The summed E-state index contributed by atoms with van der Waals surface area (Å²) in [6.07, 6.45) is 0. The van der Waals surface area contributed by atoms with Gasteiger partial charge in [-0.15, -0.1) is 4.91 Å². The van der Waals surface area contributed by atoms with Crippen molar-refractivity contribution in [2.45, 2.75) is 44.2 Å². The predicted molar refractivity (Wildman–Crippen MR) is 117 cm³/mol. The maximum absolute atomic E-state index is 13.1. The van der Waals surface area contributed by atoms with Crippen molar-refractivity contribution < 1.29 is 9.90 Å². The van der Waals surface area contributed by atoms with E-state index in [-0.39, 0.29) is 23.3 Å². The van der Waals surface area contributed by atoms with E-state index in [1.54, 1.807) is 11.8 Å². The number of pyridine rings is 1. The van der Waals surface area contributed by atoms with Crippen molar-refractivity contribution >= 4 is 23.5 Å². The van der Waals surface area contributed by atoms with E-state index < -0.39 is 23.8 Å². The summed E-state index contributed by atoms with van der Waals surface area (Å²) in [4.78, 5) is 36.0. The van der Waals surface area contributed by atoms with Crippen LogP contribution in [-0.4, -0.2) is 28.0 Å². The van der Waals surface area contributed by atoms with Crippen LogP contribution in [0.4, 0.5) is 0 Å². The van der Waals surface area contributed by atoms with Crippen LogP contribution in [0.1, 0.15) is 53.5 Å². The Kier molecular flexibility index (Phi) is 6.12. The van der Waals surface area contributed by atoms with Gasteiger partial charge in [-0.2, -0.15) is 11.8 Å². The minimum atomic E-state index is -0.831. The number of nitroso groups, excluding NO2 is 1. The van der Waals surface area contributed by atoms with Crippen LogP contribution in [0.2, 0.25) is 0 Å². The van der Waals surface area contributed by atoms with Crippen molar-refractivity contribution in [2.75, 3.05) is 6.54 Å². The predicted octanol–water partition coefficient (Wildman–Crippen LogP) is 3.12. The molecular formula is C21H24N4O4S. The third kappa shape index (κ3) is 4.30. The number of amidine groups is 1. The first kappa shape index (κ1) is 21.8. The number of hydrogen-bond acceptors (Lipinski definition) is 6. The largest absolute Gasteiger partial charge is 0.507 e. The number of nitrogens with one attached hydrogen (secondary N) is 2. The van der Waals surface area contributed by atoms with Crippen LogP contribution < -0.4 is 10.9 Å². The molecule has 1 aliphatic rings. The highest BCUT2D eigenvalue weighted by Crippen LogP contribution is 2.36. The number of aromatic nitrogens is 1. The summed E-state index contributed by atoms with van der Waals surface area (Å²) in [5.41, 5.74) is 2.41. The molecule has 0 bridgehead atoms. The Morgan fingerprint density at radius 3 is 2.53 bits per heavy atom. The number of benzene rings is 1. The van der Waals surface area contributed by atoms with Crippen molar-refractivity contribution in [3.05, 3.63) is 67.5 Å². The Morgan fingerprint density at radius 2 is 1.93 bits per heavy atom. The van der Waals surface area contributed by atoms with E-state index in [0.717, 1.165) is 5.56 Å². The number of nitrogens with zero attached hydrogens (tertiary/aromatic N) is 2. The maximum atomic E-state index is 13.1. The van der Waals surface area contributed by atoms with Gasteiger partial charge in [0.15, 0.2) is 5.84 Å². The van der Waals surface area contributed by atoms with E-state index >= 15 is 0 Å². The molecule has 2 heterocycles. The Labute approximate surface area is 178 Å². The van der Waals surface area contributed by atoms with Gasteiger partial charge >= 0.3 is 0 Å². The zero-order valence-corrected chi connectivity index (χ0v) is 17.9. The van der Waals surface area contributed by atoms with Crippen molar-refractivity contribution in [3.8, 4) is 5.75 Å². The first-order chi connectivity index (χ1) is 14.1. The molecule has 1 aliphatic heterocycles. The lowest BCUT2D eigenvalue weighted by Crippen LogP contribution is -2.36. The minimum Gasteiger partial charge on any atom is -0.507 e. The molecule has 2 aromatic rings. The Bertz CT molecular complexity index is 1070. The number of aromatic hydroxyl groups is 1. The average molecular weight is 429 g/mol. The number of carbonyl (C=O) groups excluding carboxylic acids is 1. The second-order valence-corrected chi connectivity index (χ2v) is 9.19. The van der Waals surface area contributed by atoms with Gasteiger partial charge in [0.1, 0.15) is 11.3 Å². The molecule has 30 heavy (non-hydrogen) atoms. The molecule has 0 radical (unpaired) electrons. The highest BCUT2D eigenvalue weighted by atomic mass is 32.2. The molecule has 1 aromatic heterocycles. The van der Waals surface area contributed by atoms with Gasteiger partial charge in [0.05, 0.1) is 13.1 Å². The first-order valence-electron chi connectivity index (χ1n) is 9.47. The summed E-state index contributed by atoms with van der Waals surface area (Å²) in [6.45, 7) is 6.24. The summed E-state index contributed by atoms with van der Waals surface area (Å²) < 4.78 is 1.53. The van der Waals surface area contributed by atoms with Gasteiger partial charge in [-0.3, -0.25) is 15.0 Å². The second kappa shape index (κ2) is 8.43. The van der Waals surface area contributed by atoms with E-state index in [0.29, 0.717) is 22.8 Å². The van der Waals surface area contributed by atoms with Crippen LogP contribution in [0, 0.1) is 10.3 Å². The molecule has 0 fully saturated rings. The van der Waals surface area contributed by atoms with Crippen molar-refractivity contribution in [1.82, 2.24) is 9.88 Å². The first-order valence-corrected chi connectivity index (χ1v) is 10.6. The smallest absolute Gasteiger partial charge is 0.267 e. The number of hydrogen-bond donors (Lipinski definition) is 3. The molecule has 1 aromatic carbocycles. The highest BCUT2D eigenvalue weighted by Gasteiger charge is 2.28. The molecule has 3 rings (SSSR count). The van der Waals surface area contributed by atoms with Crippen LogP contribution in [0.3, 0.4) is 0 Å². The van der Waals surface area contributed by atoms with Crippen LogP contribution in [0.25, 0.3) is 0 Å². The lowest BCUT2D eigenvalue weighted by molar-refractivity contribution is 0.0954. The van der Waals surface area contributed by atoms with Gasteiger partial charge in [0.25, 0.3) is 11.5 Å². The van der Waals surface area contributed by atoms with Crippen LogP contribution >= 0.6 is 11.8 Å². The summed E-state index contributed by atoms with van der Waals surface area (Å²) in [7, 11) is 0. The van der Waals surface area contributed by atoms with Crippen LogP contribution in [0.15, 0.2) is 34.2 Å². The third-order valence-electron chi connectivity index (χ3n) is 5.06. The van der Waals surface area contributed by atoms with Crippen molar-refractivity contribution in [3.63, 3.8) is 0 Å². The fraction of sp³-hybridized carbons (Fsp3) is 0.381. The Hall–Kier alpha value is -2.94.